The lowest BCUT2D eigenvalue weighted by molar-refractivity contribution is -0.117. The van der Waals surface area contributed by atoms with Crippen molar-refractivity contribution in [3.05, 3.63) is 29.6 Å². The summed E-state index contributed by atoms with van der Waals surface area (Å²) in [7, 11) is 1.36. The first kappa shape index (κ1) is 14.2. The van der Waals surface area contributed by atoms with E-state index in [1.165, 1.54) is 19.2 Å². The highest BCUT2D eigenvalue weighted by Gasteiger charge is 2.20. The van der Waals surface area contributed by atoms with Gasteiger partial charge in [0, 0.05) is 6.54 Å². The van der Waals surface area contributed by atoms with Gasteiger partial charge in [0.15, 0.2) is 0 Å². The number of halogens is 1. The number of amides is 1. The molecule has 98 valence electrons. The van der Waals surface area contributed by atoms with E-state index in [1.54, 1.807) is 0 Å². The number of carbonyl (C=O) groups is 2. The molecule has 4 nitrogen and oxygen atoms in total. The number of ketones is 1. The third-order valence-electron chi connectivity index (χ3n) is 2.28. The van der Waals surface area contributed by atoms with Crippen LogP contribution in [-0.2, 0) is 4.79 Å². The lowest BCUT2D eigenvalue weighted by atomic mass is 10.1. The number of rotatable bonds is 5. The third-order valence-corrected chi connectivity index (χ3v) is 2.28. The van der Waals surface area contributed by atoms with E-state index in [1.807, 2.05) is 13.8 Å². The lowest BCUT2D eigenvalue weighted by Gasteiger charge is -2.09. The number of nitrogens with one attached hydrogen (secondary N) is 1. The van der Waals surface area contributed by atoms with E-state index >= 15 is 0 Å². The number of benzene rings is 1. The van der Waals surface area contributed by atoms with Crippen LogP contribution in [0.5, 0.6) is 5.75 Å². The van der Waals surface area contributed by atoms with Crippen LogP contribution in [0.4, 0.5) is 4.39 Å². The van der Waals surface area contributed by atoms with Gasteiger partial charge in [-0.25, -0.2) is 4.39 Å². The van der Waals surface area contributed by atoms with Crippen LogP contribution in [0.1, 0.15) is 24.2 Å². The first-order valence-corrected chi connectivity index (χ1v) is 5.61. The van der Waals surface area contributed by atoms with Crippen LogP contribution in [0.15, 0.2) is 18.2 Å². The third kappa shape index (κ3) is 3.55. The Balaban J connectivity index is 2.89. The summed E-state index contributed by atoms with van der Waals surface area (Å²) in [6.45, 7) is 4.21. The SMILES string of the molecule is COc1ccc(F)cc1C(=O)C(=O)NCC(C)C. The summed E-state index contributed by atoms with van der Waals surface area (Å²) >= 11 is 0. The van der Waals surface area contributed by atoms with Gasteiger partial charge in [-0.05, 0) is 24.1 Å². The summed E-state index contributed by atoms with van der Waals surface area (Å²) in [6.07, 6.45) is 0. The fraction of sp³-hybridized carbons (Fsp3) is 0.385. The monoisotopic (exact) mass is 253 g/mol. The zero-order valence-corrected chi connectivity index (χ0v) is 10.6. The van der Waals surface area contributed by atoms with Crippen LogP contribution in [0.3, 0.4) is 0 Å². The summed E-state index contributed by atoms with van der Waals surface area (Å²) in [5.74, 6) is -1.73. The first-order chi connectivity index (χ1) is 8.45. The zero-order chi connectivity index (χ0) is 13.7. The van der Waals surface area contributed by atoms with Gasteiger partial charge in [0.1, 0.15) is 11.6 Å². The molecule has 0 bridgehead atoms. The van der Waals surface area contributed by atoms with E-state index in [2.05, 4.69) is 5.32 Å². The standard InChI is InChI=1S/C13H16FNO3/c1-8(2)7-15-13(17)12(16)10-6-9(14)4-5-11(10)18-3/h4-6,8H,7H2,1-3H3,(H,15,17). The Morgan fingerprint density at radius 3 is 2.61 bits per heavy atom. The number of hydrogen-bond acceptors (Lipinski definition) is 3. The van der Waals surface area contributed by atoms with E-state index in [4.69, 9.17) is 4.74 Å². The van der Waals surface area contributed by atoms with Gasteiger partial charge in [0.25, 0.3) is 11.7 Å². The van der Waals surface area contributed by atoms with E-state index in [0.717, 1.165) is 6.07 Å². The van der Waals surface area contributed by atoms with Crippen LogP contribution in [0, 0.1) is 11.7 Å². The normalized spacial score (nSPS) is 10.3. The molecule has 1 rings (SSSR count). The van der Waals surface area contributed by atoms with Crippen LogP contribution in [0.25, 0.3) is 0 Å². The summed E-state index contributed by atoms with van der Waals surface area (Å²) in [6, 6.07) is 3.48. The van der Waals surface area contributed by atoms with Crippen molar-refractivity contribution in [2.75, 3.05) is 13.7 Å². The number of carbonyl (C=O) groups excluding carboxylic acids is 2. The molecule has 0 heterocycles. The van der Waals surface area contributed by atoms with Crippen molar-refractivity contribution < 1.29 is 18.7 Å². The second kappa shape index (κ2) is 6.14. The van der Waals surface area contributed by atoms with Crippen molar-refractivity contribution in [2.24, 2.45) is 5.92 Å². The molecule has 1 aromatic carbocycles. The molecule has 0 atom stereocenters. The molecule has 1 amide bonds. The second-order valence-corrected chi connectivity index (χ2v) is 4.28. The maximum Gasteiger partial charge on any atom is 0.292 e. The maximum absolute atomic E-state index is 13.1. The highest BCUT2D eigenvalue weighted by atomic mass is 19.1. The van der Waals surface area contributed by atoms with Gasteiger partial charge < -0.3 is 10.1 Å². The van der Waals surface area contributed by atoms with Gasteiger partial charge in [-0.15, -0.1) is 0 Å². The average molecular weight is 253 g/mol. The van der Waals surface area contributed by atoms with Crippen LogP contribution in [-0.4, -0.2) is 25.3 Å². The molecule has 1 N–H and O–H groups in total. The molecule has 5 heteroatoms. The lowest BCUT2D eigenvalue weighted by Crippen LogP contribution is -2.33. The predicted molar refractivity (Wildman–Crippen MR) is 65.1 cm³/mol. The molecule has 0 spiro atoms. The fourth-order valence-corrected chi connectivity index (χ4v) is 1.36. The number of methoxy groups -OCH3 is 1. The molecule has 0 unspecified atom stereocenters. The highest BCUT2D eigenvalue weighted by molar-refractivity contribution is 6.43. The maximum atomic E-state index is 13.1. The Bertz CT molecular complexity index is 458. The fourth-order valence-electron chi connectivity index (χ4n) is 1.36. The summed E-state index contributed by atoms with van der Waals surface area (Å²) in [5.41, 5.74) is -0.0706. The molecule has 0 fully saturated rings. The van der Waals surface area contributed by atoms with Gasteiger partial charge >= 0.3 is 0 Å². The average Bonchev–Trinajstić information content (AvgIpc) is 2.34. The summed E-state index contributed by atoms with van der Waals surface area (Å²) < 4.78 is 18.0. The van der Waals surface area contributed by atoms with Gasteiger partial charge in [-0.1, -0.05) is 13.8 Å². The van der Waals surface area contributed by atoms with Crippen molar-refractivity contribution in [3.63, 3.8) is 0 Å². The molecular weight excluding hydrogens is 237 g/mol. The Labute approximate surface area is 105 Å². The van der Waals surface area contributed by atoms with Crippen LogP contribution in [0.2, 0.25) is 0 Å². The largest absolute Gasteiger partial charge is 0.496 e. The molecule has 0 saturated carbocycles. The van der Waals surface area contributed by atoms with E-state index in [0.29, 0.717) is 6.54 Å². The Morgan fingerprint density at radius 2 is 2.06 bits per heavy atom. The van der Waals surface area contributed by atoms with Crippen molar-refractivity contribution in [1.82, 2.24) is 5.32 Å². The quantitative estimate of drug-likeness (QED) is 0.643. The van der Waals surface area contributed by atoms with Gasteiger partial charge in [0.05, 0.1) is 12.7 Å². The Hall–Kier alpha value is -1.91. The molecule has 0 radical (unpaired) electrons. The molecule has 0 aliphatic carbocycles. The predicted octanol–water partition coefficient (Wildman–Crippen LogP) is 1.79. The number of Topliss-reactive ketones (excluding diaryl/α,β-unsaturated/α-hetero) is 1. The molecule has 1 aromatic rings. The minimum atomic E-state index is -0.799. The van der Waals surface area contributed by atoms with Gasteiger partial charge in [-0.3, -0.25) is 9.59 Å². The van der Waals surface area contributed by atoms with E-state index < -0.39 is 17.5 Å². The molecule has 0 saturated heterocycles. The van der Waals surface area contributed by atoms with Crippen molar-refractivity contribution in [3.8, 4) is 5.75 Å². The van der Waals surface area contributed by atoms with Crippen LogP contribution < -0.4 is 10.1 Å². The minimum absolute atomic E-state index is 0.0706. The molecular formula is C13H16FNO3. The van der Waals surface area contributed by atoms with Gasteiger partial charge in [-0.2, -0.15) is 0 Å². The number of hydrogen-bond donors (Lipinski definition) is 1. The molecule has 0 aliphatic rings. The van der Waals surface area contributed by atoms with Gasteiger partial charge in [0.2, 0.25) is 0 Å². The molecule has 0 aliphatic heterocycles. The highest BCUT2D eigenvalue weighted by Crippen LogP contribution is 2.19. The van der Waals surface area contributed by atoms with E-state index in [9.17, 15) is 14.0 Å². The minimum Gasteiger partial charge on any atom is -0.496 e. The smallest absolute Gasteiger partial charge is 0.292 e. The van der Waals surface area contributed by atoms with Crippen LogP contribution >= 0.6 is 0 Å². The summed E-state index contributed by atoms with van der Waals surface area (Å²) in [5, 5.41) is 2.48. The van der Waals surface area contributed by atoms with E-state index in [-0.39, 0.29) is 17.2 Å². The topological polar surface area (TPSA) is 55.4 Å². The van der Waals surface area contributed by atoms with Crippen molar-refractivity contribution in [1.29, 1.82) is 0 Å². The summed E-state index contributed by atoms with van der Waals surface area (Å²) in [4.78, 5) is 23.4. The first-order valence-electron chi connectivity index (χ1n) is 5.61. The molecule has 0 aromatic heterocycles. The zero-order valence-electron chi connectivity index (χ0n) is 10.6. The number of ether oxygens (including phenoxy) is 1. The Morgan fingerprint density at radius 1 is 1.39 bits per heavy atom. The second-order valence-electron chi connectivity index (χ2n) is 4.28. The Kier molecular flexibility index (Phi) is 4.83. The van der Waals surface area contributed by atoms with Crippen molar-refractivity contribution in [2.45, 2.75) is 13.8 Å². The van der Waals surface area contributed by atoms with Crippen molar-refractivity contribution >= 4 is 11.7 Å². The molecule has 18 heavy (non-hydrogen) atoms.